The highest BCUT2D eigenvalue weighted by atomic mass is 32.2. The molecule has 2 fully saturated rings. The Balaban J connectivity index is 1.52. The number of sulfonamides is 1. The molecule has 1 saturated carbocycles. The van der Waals surface area contributed by atoms with Gasteiger partial charge in [-0.15, -0.1) is 0 Å². The van der Waals surface area contributed by atoms with Crippen LogP contribution in [0.3, 0.4) is 0 Å². The number of nitrogens with one attached hydrogen (secondary N) is 1. The van der Waals surface area contributed by atoms with Crippen LogP contribution in [-0.2, 0) is 32.7 Å². The van der Waals surface area contributed by atoms with Gasteiger partial charge in [0.15, 0.2) is 0 Å². The summed E-state index contributed by atoms with van der Waals surface area (Å²) in [7, 11) is -3.84. The van der Waals surface area contributed by atoms with Crippen molar-refractivity contribution in [2.24, 2.45) is 11.8 Å². The van der Waals surface area contributed by atoms with Gasteiger partial charge in [0, 0.05) is 6.54 Å². The molecule has 6 nitrogen and oxygen atoms in total. The van der Waals surface area contributed by atoms with E-state index in [0.29, 0.717) is 16.7 Å². The second-order valence-corrected chi connectivity index (χ2v) is 10.0. The molecule has 0 spiro atoms. The van der Waals surface area contributed by atoms with Crippen LogP contribution in [0.25, 0.3) is 0 Å². The third-order valence-electron chi connectivity index (χ3n) is 6.19. The maximum absolute atomic E-state index is 13.1. The van der Waals surface area contributed by atoms with E-state index in [0.717, 1.165) is 25.7 Å². The van der Waals surface area contributed by atoms with E-state index >= 15 is 0 Å². The molecular formula is C23H25FN2O4S. The largest absolute Gasteiger partial charge is 0.278 e. The summed E-state index contributed by atoms with van der Waals surface area (Å²) < 4.78 is 41.4. The minimum Gasteiger partial charge on any atom is -0.278 e. The summed E-state index contributed by atoms with van der Waals surface area (Å²) in [5, 5.41) is 0. The van der Waals surface area contributed by atoms with Gasteiger partial charge in [-0.3, -0.25) is 14.5 Å². The number of carbonyl (C=O) groups excluding carboxylic acids is 2. The summed E-state index contributed by atoms with van der Waals surface area (Å²) in [6.07, 6.45) is 3.40. The highest BCUT2D eigenvalue weighted by Crippen LogP contribution is 2.38. The number of fused-ring (bicyclic) bond motifs is 1. The molecule has 2 atom stereocenters. The Morgan fingerprint density at radius 3 is 2.16 bits per heavy atom. The first-order valence-corrected chi connectivity index (χ1v) is 11.9. The van der Waals surface area contributed by atoms with Crippen LogP contribution in [0.1, 0.15) is 42.4 Å². The van der Waals surface area contributed by atoms with Gasteiger partial charge in [-0.2, -0.15) is 0 Å². The molecule has 0 bridgehead atoms. The minimum atomic E-state index is -3.84. The summed E-state index contributed by atoms with van der Waals surface area (Å²) in [6.45, 7) is 1.79. The van der Waals surface area contributed by atoms with Crippen molar-refractivity contribution in [3.05, 3.63) is 65.0 Å². The maximum atomic E-state index is 13.1. The van der Waals surface area contributed by atoms with Crippen molar-refractivity contribution in [3.8, 4) is 0 Å². The standard InChI is InChI=1S/C23H25FN2O4S/c1-15-6-7-17(14-26-22(27)19-4-2-3-5-20(19)23(26)28)12-21(15)31(29,30)25-13-16-8-10-18(24)11-9-16/h6-12,19-20,25H,2-5,13-14H2,1H3/t19-,20+. The zero-order valence-electron chi connectivity index (χ0n) is 17.3. The molecule has 1 aliphatic heterocycles. The lowest BCUT2D eigenvalue weighted by atomic mass is 9.81. The smallest absolute Gasteiger partial charge is 0.241 e. The molecule has 2 aliphatic rings. The molecule has 1 heterocycles. The van der Waals surface area contributed by atoms with Gasteiger partial charge in [0.05, 0.1) is 23.3 Å². The molecule has 2 amide bonds. The molecule has 1 aliphatic carbocycles. The summed E-state index contributed by atoms with van der Waals surface area (Å²) in [5.41, 5.74) is 1.78. The molecule has 0 unspecified atom stereocenters. The Bertz CT molecular complexity index is 1090. The topological polar surface area (TPSA) is 83.6 Å². The lowest BCUT2D eigenvalue weighted by Gasteiger charge is -2.19. The molecule has 1 saturated heterocycles. The molecule has 0 radical (unpaired) electrons. The van der Waals surface area contributed by atoms with Crippen molar-refractivity contribution < 1.29 is 22.4 Å². The number of imide groups is 1. The fourth-order valence-electron chi connectivity index (χ4n) is 4.46. The van der Waals surface area contributed by atoms with Gasteiger partial charge in [0.1, 0.15) is 5.82 Å². The zero-order chi connectivity index (χ0) is 22.2. The van der Waals surface area contributed by atoms with E-state index in [-0.39, 0.29) is 47.5 Å². The summed E-state index contributed by atoms with van der Waals surface area (Å²) in [6, 6.07) is 10.5. The van der Waals surface area contributed by atoms with Crippen LogP contribution in [0.2, 0.25) is 0 Å². The van der Waals surface area contributed by atoms with Gasteiger partial charge in [0.25, 0.3) is 0 Å². The number of hydrogen-bond donors (Lipinski definition) is 1. The lowest BCUT2D eigenvalue weighted by Crippen LogP contribution is -2.30. The number of nitrogens with zero attached hydrogens (tertiary/aromatic N) is 1. The Hall–Kier alpha value is -2.58. The third-order valence-corrected chi connectivity index (χ3v) is 7.74. The first kappa shape index (κ1) is 21.6. The van der Waals surface area contributed by atoms with Crippen molar-refractivity contribution >= 4 is 21.8 Å². The lowest BCUT2D eigenvalue weighted by molar-refractivity contribution is -0.140. The van der Waals surface area contributed by atoms with E-state index < -0.39 is 10.0 Å². The minimum absolute atomic E-state index is 0.0265. The molecular weight excluding hydrogens is 419 g/mol. The summed E-state index contributed by atoms with van der Waals surface area (Å²) in [5.74, 6) is -1.14. The highest BCUT2D eigenvalue weighted by molar-refractivity contribution is 7.89. The first-order valence-electron chi connectivity index (χ1n) is 10.4. The van der Waals surface area contributed by atoms with Crippen molar-refractivity contribution in [2.45, 2.75) is 50.6 Å². The van der Waals surface area contributed by atoms with Crippen molar-refractivity contribution in [3.63, 3.8) is 0 Å². The van der Waals surface area contributed by atoms with Gasteiger partial charge in [-0.1, -0.05) is 37.1 Å². The number of hydrogen-bond acceptors (Lipinski definition) is 4. The van der Waals surface area contributed by atoms with Crippen molar-refractivity contribution in [1.82, 2.24) is 9.62 Å². The van der Waals surface area contributed by atoms with Crippen molar-refractivity contribution in [2.75, 3.05) is 0 Å². The Morgan fingerprint density at radius 1 is 0.968 bits per heavy atom. The molecule has 8 heteroatoms. The number of benzene rings is 2. The van der Waals surface area contributed by atoms with Crippen LogP contribution in [0.5, 0.6) is 0 Å². The predicted molar refractivity (Wildman–Crippen MR) is 113 cm³/mol. The van der Waals surface area contributed by atoms with Crippen LogP contribution >= 0.6 is 0 Å². The molecule has 2 aromatic rings. The SMILES string of the molecule is Cc1ccc(CN2C(=O)[C@H]3CCCC[C@H]3C2=O)cc1S(=O)(=O)NCc1ccc(F)cc1. The van der Waals surface area contributed by atoms with Gasteiger partial charge >= 0.3 is 0 Å². The van der Waals surface area contributed by atoms with Crippen LogP contribution in [0, 0.1) is 24.6 Å². The Morgan fingerprint density at radius 2 is 1.55 bits per heavy atom. The third kappa shape index (κ3) is 4.41. The van der Waals surface area contributed by atoms with E-state index in [1.54, 1.807) is 19.1 Å². The molecule has 164 valence electrons. The van der Waals surface area contributed by atoms with E-state index in [9.17, 15) is 22.4 Å². The molecule has 31 heavy (non-hydrogen) atoms. The van der Waals surface area contributed by atoms with E-state index in [2.05, 4.69) is 4.72 Å². The number of halogens is 1. The first-order chi connectivity index (χ1) is 14.8. The molecule has 1 N–H and O–H groups in total. The van der Waals surface area contributed by atoms with Crippen LogP contribution in [0.4, 0.5) is 4.39 Å². The summed E-state index contributed by atoms with van der Waals surface area (Å²) in [4.78, 5) is 26.9. The average molecular weight is 445 g/mol. The van der Waals surface area contributed by atoms with E-state index in [1.165, 1.54) is 35.2 Å². The Labute approximate surface area is 181 Å². The molecule has 4 rings (SSSR count). The second kappa shape index (κ2) is 8.51. The second-order valence-electron chi connectivity index (χ2n) is 8.31. The highest BCUT2D eigenvalue weighted by Gasteiger charge is 2.47. The predicted octanol–water partition coefficient (Wildman–Crippen LogP) is 3.29. The Kier molecular flexibility index (Phi) is 5.94. The van der Waals surface area contributed by atoms with E-state index in [1.807, 2.05) is 0 Å². The zero-order valence-corrected chi connectivity index (χ0v) is 18.1. The van der Waals surface area contributed by atoms with Gasteiger partial charge in [-0.25, -0.2) is 17.5 Å². The van der Waals surface area contributed by atoms with Gasteiger partial charge in [-0.05, 0) is 54.7 Å². The number of rotatable bonds is 6. The molecule has 2 aromatic carbocycles. The van der Waals surface area contributed by atoms with Gasteiger partial charge in [0.2, 0.25) is 21.8 Å². The van der Waals surface area contributed by atoms with Gasteiger partial charge < -0.3 is 0 Å². The maximum Gasteiger partial charge on any atom is 0.241 e. The number of carbonyl (C=O) groups is 2. The normalized spacial score (nSPS) is 21.4. The fraction of sp³-hybridized carbons (Fsp3) is 0.391. The monoisotopic (exact) mass is 444 g/mol. The van der Waals surface area contributed by atoms with Crippen LogP contribution in [0.15, 0.2) is 47.4 Å². The average Bonchev–Trinajstić information content (AvgIpc) is 2.99. The summed E-state index contributed by atoms with van der Waals surface area (Å²) >= 11 is 0. The van der Waals surface area contributed by atoms with Crippen LogP contribution < -0.4 is 4.72 Å². The number of amides is 2. The fourth-order valence-corrected chi connectivity index (χ4v) is 5.77. The van der Waals surface area contributed by atoms with Crippen LogP contribution in [-0.4, -0.2) is 25.1 Å². The number of likely N-dealkylation sites (tertiary alicyclic amines) is 1. The van der Waals surface area contributed by atoms with E-state index in [4.69, 9.17) is 0 Å². The van der Waals surface area contributed by atoms with Crippen molar-refractivity contribution in [1.29, 1.82) is 0 Å². The quantitative estimate of drug-likeness (QED) is 0.693. The molecule has 0 aromatic heterocycles. The number of aryl methyl sites for hydroxylation is 1.